The summed E-state index contributed by atoms with van der Waals surface area (Å²) in [6.07, 6.45) is 0. The van der Waals surface area contributed by atoms with Crippen molar-refractivity contribution in [3.63, 3.8) is 0 Å². The zero-order valence-corrected chi connectivity index (χ0v) is 13.4. The summed E-state index contributed by atoms with van der Waals surface area (Å²) in [5.74, 6) is 0. The van der Waals surface area contributed by atoms with Crippen LogP contribution < -0.4 is 5.32 Å². The van der Waals surface area contributed by atoms with Crippen molar-refractivity contribution in [2.45, 2.75) is 40.3 Å². The van der Waals surface area contributed by atoms with Crippen molar-refractivity contribution in [2.75, 3.05) is 0 Å². The Labute approximate surface area is 127 Å². The van der Waals surface area contributed by atoms with Crippen LogP contribution in [0.2, 0.25) is 5.02 Å². The molecule has 0 amide bonds. The standard InChI is InChI=1S/C18H22ClN/c1-12-8-14(3)17(9-13(12)2)11-20-15(4)16-6-5-7-18(19)10-16/h5-10,15,20H,11H2,1-4H3/t15-/m1/s1. The molecule has 0 spiro atoms. The molecule has 0 fully saturated rings. The lowest BCUT2D eigenvalue weighted by Gasteiger charge is -2.16. The lowest BCUT2D eigenvalue weighted by Crippen LogP contribution is -2.18. The Bertz CT molecular complexity index is 604. The summed E-state index contributed by atoms with van der Waals surface area (Å²) in [6, 6.07) is 12.9. The highest BCUT2D eigenvalue weighted by atomic mass is 35.5. The van der Waals surface area contributed by atoms with Gasteiger partial charge in [-0.15, -0.1) is 0 Å². The second-order valence-electron chi connectivity index (χ2n) is 5.52. The van der Waals surface area contributed by atoms with Crippen LogP contribution in [0.25, 0.3) is 0 Å². The maximum absolute atomic E-state index is 6.04. The molecule has 0 aliphatic heterocycles. The molecule has 0 aromatic heterocycles. The van der Waals surface area contributed by atoms with Gasteiger partial charge in [0.1, 0.15) is 0 Å². The van der Waals surface area contributed by atoms with Gasteiger partial charge in [-0.05, 0) is 67.6 Å². The molecule has 106 valence electrons. The predicted molar refractivity (Wildman–Crippen MR) is 87.4 cm³/mol. The summed E-state index contributed by atoms with van der Waals surface area (Å²) in [7, 11) is 0. The van der Waals surface area contributed by atoms with E-state index in [4.69, 9.17) is 11.6 Å². The van der Waals surface area contributed by atoms with Gasteiger partial charge in [0.05, 0.1) is 0 Å². The largest absolute Gasteiger partial charge is 0.306 e. The van der Waals surface area contributed by atoms with Crippen LogP contribution in [0.15, 0.2) is 36.4 Å². The summed E-state index contributed by atoms with van der Waals surface area (Å²) in [5.41, 5.74) is 6.64. The summed E-state index contributed by atoms with van der Waals surface area (Å²) in [5, 5.41) is 4.36. The van der Waals surface area contributed by atoms with Gasteiger partial charge in [0, 0.05) is 17.6 Å². The molecule has 0 unspecified atom stereocenters. The minimum Gasteiger partial charge on any atom is -0.306 e. The maximum Gasteiger partial charge on any atom is 0.0409 e. The van der Waals surface area contributed by atoms with Crippen molar-refractivity contribution < 1.29 is 0 Å². The Kier molecular flexibility index (Phi) is 4.85. The molecule has 2 aromatic rings. The van der Waals surface area contributed by atoms with E-state index in [2.05, 4.69) is 51.2 Å². The van der Waals surface area contributed by atoms with Crippen LogP contribution in [0, 0.1) is 20.8 Å². The average molecular weight is 288 g/mol. The quantitative estimate of drug-likeness (QED) is 0.823. The van der Waals surface area contributed by atoms with Crippen molar-refractivity contribution in [3.05, 3.63) is 69.2 Å². The lowest BCUT2D eigenvalue weighted by atomic mass is 10.0. The number of aryl methyl sites for hydroxylation is 3. The second kappa shape index (κ2) is 6.43. The van der Waals surface area contributed by atoms with Gasteiger partial charge in [-0.2, -0.15) is 0 Å². The number of halogens is 1. The van der Waals surface area contributed by atoms with Crippen molar-refractivity contribution in [1.82, 2.24) is 5.32 Å². The van der Waals surface area contributed by atoms with E-state index < -0.39 is 0 Å². The van der Waals surface area contributed by atoms with Crippen LogP contribution in [-0.2, 0) is 6.54 Å². The third kappa shape index (κ3) is 3.62. The first-order chi connectivity index (χ1) is 9.47. The molecule has 0 aliphatic carbocycles. The summed E-state index contributed by atoms with van der Waals surface area (Å²) in [6.45, 7) is 9.54. The van der Waals surface area contributed by atoms with Crippen LogP contribution in [0.3, 0.4) is 0 Å². The molecule has 2 heteroatoms. The van der Waals surface area contributed by atoms with Gasteiger partial charge in [0.25, 0.3) is 0 Å². The van der Waals surface area contributed by atoms with Crippen LogP contribution in [0.1, 0.15) is 40.8 Å². The lowest BCUT2D eigenvalue weighted by molar-refractivity contribution is 0.573. The van der Waals surface area contributed by atoms with Crippen LogP contribution >= 0.6 is 11.6 Å². The Morgan fingerprint density at radius 1 is 1.00 bits per heavy atom. The molecule has 1 atom stereocenters. The van der Waals surface area contributed by atoms with Gasteiger partial charge in [-0.3, -0.25) is 0 Å². The highest BCUT2D eigenvalue weighted by Gasteiger charge is 2.07. The molecule has 0 radical (unpaired) electrons. The molecule has 20 heavy (non-hydrogen) atoms. The van der Waals surface area contributed by atoms with Crippen LogP contribution in [0.4, 0.5) is 0 Å². The van der Waals surface area contributed by atoms with E-state index in [0.717, 1.165) is 11.6 Å². The molecule has 0 saturated heterocycles. The van der Waals surface area contributed by atoms with Gasteiger partial charge < -0.3 is 5.32 Å². The Morgan fingerprint density at radius 3 is 2.40 bits per heavy atom. The molecule has 0 aliphatic rings. The van der Waals surface area contributed by atoms with Crippen LogP contribution in [-0.4, -0.2) is 0 Å². The van der Waals surface area contributed by atoms with Gasteiger partial charge in [-0.25, -0.2) is 0 Å². The van der Waals surface area contributed by atoms with E-state index >= 15 is 0 Å². The van der Waals surface area contributed by atoms with Crippen molar-refractivity contribution in [2.24, 2.45) is 0 Å². The summed E-state index contributed by atoms with van der Waals surface area (Å²) >= 11 is 6.04. The second-order valence-corrected chi connectivity index (χ2v) is 5.96. The van der Waals surface area contributed by atoms with E-state index in [1.807, 2.05) is 18.2 Å². The minimum atomic E-state index is 0.287. The molecule has 1 N–H and O–H groups in total. The predicted octanol–water partition coefficient (Wildman–Crippen LogP) is 5.12. The monoisotopic (exact) mass is 287 g/mol. The number of benzene rings is 2. The smallest absolute Gasteiger partial charge is 0.0409 e. The third-order valence-corrected chi connectivity index (χ3v) is 4.13. The van der Waals surface area contributed by atoms with Gasteiger partial charge in [-0.1, -0.05) is 35.9 Å². The number of rotatable bonds is 4. The molecular weight excluding hydrogens is 266 g/mol. The Hall–Kier alpha value is -1.31. The zero-order valence-electron chi connectivity index (χ0n) is 12.6. The van der Waals surface area contributed by atoms with Gasteiger partial charge >= 0.3 is 0 Å². The summed E-state index contributed by atoms with van der Waals surface area (Å²) in [4.78, 5) is 0. The van der Waals surface area contributed by atoms with Crippen molar-refractivity contribution in [3.8, 4) is 0 Å². The van der Waals surface area contributed by atoms with E-state index in [1.165, 1.54) is 27.8 Å². The highest BCUT2D eigenvalue weighted by molar-refractivity contribution is 6.30. The van der Waals surface area contributed by atoms with Gasteiger partial charge in [0.2, 0.25) is 0 Å². The fourth-order valence-electron chi connectivity index (χ4n) is 2.37. The van der Waals surface area contributed by atoms with Crippen molar-refractivity contribution in [1.29, 1.82) is 0 Å². The SMILES string of the molecule is Cc1cc(C)c(CN[C@H](C)c2cccc(Cl)c2)cc1C. The van der Waals surface area contributed by atoms with E-state index in [-0.39, 0.29) is 6.04 Å². The molecule has 0 bridgehead atoms. The topological polar surface area (TPSA) is 12.0 Å². The fraction of sp³-hybridized carbons (Fsp3) is 0.333. The Balaban J connectivity index is 2.07. The first-order valence-corrected chi connectivity index (χ1v) is 7.40. The maximum atomic E-state index is 6.04. The van der Waals surface area contributed by atoms with E-state index in [9.17, 15) is 0 Å². The van der Waals surface area contributed by atoms with Crippen LogP contribution in [0.5, 0.6) is 0 Å². The molecule has 2 rings (SSSR count). The van der Waals surface area contributed by atoms with Crippen molar-refractivity contribution >= 4 is 11.6 Å². The number of hydrogen-bond donors (Lipinski definition) is 1. The summed E-state index contributed by atoms with van der Waals surface area (Å²) < 4.78 is 0. The van der Waals surface area contributed by atoms with E-state index in [1.54, 1.807) is 0 Å². The normalized spacial score (nSPS) is 12.4. The fourth-order valence-corrected chi connectivity index (χ4v) is 2.57. The molecule has 0 saturated carbocycles. The minimum absolute atomic E-state index is 0.287. The Morgan fingerprint density at radius 2 is 1.70 bits per heavy atom. The number of nitrogens with one attached hydrogen (secondary N) is 1. The highest BCUT2D eigenvalue weighted by Crippen LogP contribution is 2.19. The van der Waals surface area contributed by atoms with Gasteiger partial charge in [0.15, 0.2) is 0 Å². The molecule has 0 heterocycles. The molecular formula is C18H22ClN. The average Bonchev–Trinajstić information content (AvgIpc) is 2.41. The molecule has 1 nitrogen and oxygen atoms in total. The van der Waals surface area contributed by atoms with E-state index in [0.29, 0.717) is 0 Å². The number of hydrogen-bond acceptors (Lipinski definition) is 1. The first-order valence-electron chi connectivity index (χ1n) is 7.03. The first kappa shape index (κ1) is 15.1. The third-order valence-electron chi connectivity index (χ3n) is 3.90. The molecule has 2 aromatic carbocycles. The zero-order chi connectivity index (χ0) is 14.7.